The number of aromatic nitrogens is 1. The Labute approximate surface area is 393 Å². The zero-order valence-corrected chi connectivity index (χ0v) is 39.0. The molecular weight excluding hydrogens is 881 g/mol. The van der Waals surface area contributed by atoms with Crippen molar-refractivity contribution in [1.82, 2.24) is 19.5 Å². The summed E-state index contributed by atoms with van der Waals surface area (Å²) in [5.74, 6) is -1.36. The fourth-order valence-corrected chi connectivity index (χ4v) is 10.9. The van der Waals surface area contributed by atoms with Crippen molar-refractivity contribution in [3.63, 3.8) is 0 Å². The zero-order chi connectivity index (χ0) is 46.0. The van der Waals surface area contributed by atoms with Gasteiger partial charge in [-0.15, -0.1) is 0 Å². The van der Waals surface area contributed by atoms with E-state index in [1.54, 1.807) is 36.5 Å². The third-order valence-corrected chi connectivity index (χ3v) is 15.1. The lowest BCUT2D eigenvalue weighted by atomic mass is 9.72. The van der Waals surface area contributed by atoms with Gasteiger partial charge < -0.3 is 29.2 Å². The molecule has 9 rings (SSSR count). The molecule has 1 atom stereocenters. The number of nitrogens with zero attached hydrogens (tertiary/aromatic N) is 4. The van der Waals surface area contributed by atoms with Crippen LogP contribution >= 0.6 is 11.6 Å². The molecule has 4 aliphatic rings. The molecule has 3 fully saturated rings. The van der Waals surface area contributed by atoms with Crippen LogP contribution in [0.4, 0.5) is 21.5 Å². The van der Waals surface area contributed by atoms with Crippen LogP contribution in [0.1, 0.15) is 74.7 Å². The van der Waals surface area contributed by atoms with Crippen LogP contribution in [0, 0.1) is 21.3 Å². The number of carbonyl (C=O) groups excluding carboxylic acids is 1. The smallest absolute Gasteiger partial charge is 0.297 e. The highest BCUT2D eigenvalue weighted by Gasteiger charge is 2.32. The van der Waals surface area contributed by atoms with Gasteiger partial charge in [0.1, 0.15) is 22.8 Å². The number of nitro groups is 1. The number of piperazine rings is 1. The molecule has 2 aliphatic heterocycles. The SMILES string of the molecule is CC1(C)CCC(CN2CCN(c3ccc(C(=O)N[S+]([O-])c4ccc(NC5CCC(N6CCOCC6)CC5)c([N+](=O)[O-])c4)c(Oc4cc5cc[nH]c5cc4F)c3)CC2)=C(c2ccc(Cl)cc2)C1. The van der Waals surface area contributed by atoms with E-state index in [0.29, 0.717) is 30.3 Å². The van der Waals surface area contributed by atoms with E-state index in [1.807, 2.05) is 18.2 Å². The highest BCUT2D eigenvalue weighted by atomic mass is 35.5. The van der Waals surface area contributed by atoms with E-state index in [9.17, 15) is 19.5 Å². The van der Waals surface area contributed by atoms with Crippen LogP contribution in [0.2, 0.25) is 5.02 Å². The van der Waals surface area contributed by atoms with E-state index in [2.05, 4.69) is 55.7 Å². The minimum Gasteiger partial charge on any atom is -0.588 e. The number of hydrogen-bond donors (Lipinski definition) is 3. The van der Waals surface area contributed by atoms with Crippen LogP contribution in [0.3, 0.4) is 0 Å². The number of halogens is 2. The number of anilines is 2. The number of rotatable bonds is 13. The second kappa shape index (κ2) is 20.0. The highest BCUT2D eigenvalue weighted by Crippen LogP contribution is 2.44. The van der Waals surface area contributed by atoms with E-state index >= 15 is 4.39 Å². The summed E-state index contributed by atoms with van der Waals surface area (Å²) in [6, 6.07) is 22.9. The minimum atomic E-state index is -2.18. The Bertz CT molecular complexity index is 2590. The van der Waals surface area contributed by atoms with Gasteiger partial charge in [0.25, 0.3) is 11.6 Å². The standard InChI is InChI=1S/C50H57ClFN7O6S/c1-50(2)17-15-35(42(31-50)33-3-5-36(51)6-4-33)32-56-19-21-57(22-20-56)39-11-13-41(47(28-39)65-48-27-34-16-18-53-45(34)30-43(48)52)49(60)55-66(63)40-12-14-44(46(29-40)59(61)62)54-37-7-9-38(10-8-37)58-23-25-64-26-24-58/h3-6,11-14,16,18,27-30,37-38,53-54H,7-10,15,17,19-26,31-32H2,1-2H3,(H,55,60). The normalized spacial score (nSPS) is 21.1. The molecule has 2 aliphatic carbocycles. The molecule has 2 saturated heterocycles. The second-order valence-electron chi connectivity index (χ2n) is 18.8. The van der Waals surface area contributed by atoms with Gasteiger partial charge in [-0.3, -0.25) is 24.7 Å². The number of amides is 1. The van der Waals surface area contributed by atoms with E-state index in [0.717, 1.165) is 107 Å². The topological polar surface area (TPSA) is 151 Å². The summed E-state index contributed by atoms with van der Waals surface area (Å²) in [6.07, 6.45) is 8.61. The maximum Gasteiger partial charge on any atom is 0.297 e. The maximum atomic E-state index is 15.5. The summed E-state index contributed by atoms with van der Waals surface area (Å²) < 4.78 is 43.5. The molecule has 1 aromatic heterocycles. The number of morpholine rings is 1. The van der Waals surface area contributed by atoms with Crippen molar-refractivity contribution in [3.8, 4) is 11.5 Å². The predicted octanol–water partition coefficient (Wildman–Crippen LogP) is 9.95. The van der Waals surface area contributed by atoms with E-state index in [1.165, 1.54) is 34.9 Å². The highest BCUT2D eigenvalue weighted by molar-refractivity contribution is 7.90. The first-order valence-electron chi connectivity index (χ1n) is 23.0. The summed E-state index contributed by atoms with van der Waals surface area (Å²) in [4.78, 5) is 36.1. The number of carbonyl (C=O) groups is 1. The Balaban J connectivity index is 0.899. The molecule has 1 saturated carbocycles. The summed E-state index contributed by atoms with van der Waals surface area (Å²) in [5.41, 5.74) is 5.86. The van der Waals surface area contributed by atoms with Gasteiger partial charge in [0, 0.05) is 97.8 Å². The molecule has 1 unspecified atom stereocenters. The van der Waals surface area contributed by atoms with Crippen LogP contribution in [0.25, 0.3) is 16.5 Å². The number of ether oxygens (including phenoxy) is 2. The van der Waals surface area contributed by atoms with Crippen molar-refractivity contribution in [2.24, 2.45) is 5.41 Å². The molecule has 3 heterocycles. The number of H-pyrrole nitrogens is 1. The van der Waals surface area contributed by atoms with Gasteiger partial charge in [0.05, 0.1) is 29.8 Å². The molecule has 0 radical (unpaired) electrons. The van der Waals surface area contributed by atoms with Crippen molar-refractivity contribution in [2.75, 3.05) is 69.2 Å². The van der Waals surface area contributed by atoms with Crippen LogP contribution in [0.5, 0.6) is 11.5 Å². The lowest BCUT2D eigenvalue weighted by Gasteiger charge is -2.39. The molecule has 16 heteroatoms. The van der Waals surface area contributed by atoms with Crippen LogP contribution in [0.15, 0.2) is 95.5 Å². The largest absolute Gasteiger partial charge is 0.588 e. The van der Waals surface area contributed by atoms with E-state index in [-0.39, 0.29) is 39.1 Å². The first-order valence-corrected chi connectivity index (χ1v) is 24.5. The Morgan fingerprint density at radius 1 is 0.955 bits per heavy atom. The molecule has 348 valence electrons. The van der Waals surface area contributed by atoms with Crippen molar-refractivity contribution >= 4 is 62.4 Å². The zero-order valence-electron chi connectivity index (χ0n) is 37.5. The van der Waals surface area contributed by atoms with E-state index < -0.39 is 28.0 Å². The lowest BCUT2D eigenvalue weighted by Crippen LogP contribution is -2.47. The molecule has 13 nitrogen and oxygen atoms in total. The summed E-state index contributed by atoms with van der Waals surface area (Å²) in [6.45, 7) is 12.0. The van der Waals surface area contributed by atoms with Gasteiger partial charge >= 0.3 is 0 Å². The molecule has 1 amide bonds. The van der Waals surface area contributed by atoms with Crippen LogP contribution in [-0.2, 0) is 16.1 Å². The Hall–Kier alpha value is -5.16. The number of hydrogen-bond acceptors (Lipinski definition) is 10. The van der Waals surface area contributed by atoms with Gasteiger partial charge in [-0.2, -0.15) is 4.72 Å². The predicted molar refractivity (Wildman–Crippen MR) is 258 cm³/mol. The van der Waals surface area contributed by atoms with Gasteiger partial charge in [-0.1, -0.05) is 43.2 Å². The van der Waals surface area contributed by atoms with Crippen molar-refractivity contribution in [1.29, 1.82) is 0 Å². The van der Waals surface area contributed by atoms with Crippen LogP contribution < -0.4 is 19.7 Å². The molecule has 3 N–H and O–H groups in total. The monoisotopic (exact) mass is 937 g/mol. The summed E-state index contributed by atoms with van der Waals surface area (Å²) in [5, 5.41) is 17.1. The number of allylic oxidation sites excluding steroid dienone is 1. The number of aromatic amines is 1. The average molecular weight is 939 g/mol. The average Bonchev–Trinajstić information content (AvgIpc) is 3.77. The van der Waals surface area contributed by atoms with Crippen molar-refractivity contribution in [3.05, 3.63) is 123 Å². The van der Waals surface area contributed by atoms with Crippen LogP contribution in [-0.4, -0.2) is 101 Å². The lowest BCUT2D eigenvalue weighted by molar-refractivity contribution is -0.384. The Morgan fingerprint density at radius 3 is 2.45 bits per heavy atom. The van der Waals surface area contributed by atoms with Gasteiger partial charge in [0.2, 0.25) is 0 Å². The number of fused-ring (bicyclic) bond motifs is 1. The minimum absolute atomic E-state index is 0.0293. The molecule has 4 aromatic carbocycles. The van der Waals surface area contributed by atoms with Gasteiger partial charge in [-0.05, 0) is 110 Å². The van der Waals surface area contributed by atoms with Gasteiger partial charge in [0.15, 0.2) is 16.5 Å². The maximum absolute atomic E-state index is 15.5. The third kappa shape index (κ3) is 10.7. The summed E-state index contributed by atoms with van der Waals surface area (Å²) >= 11 is 4.07. The number of nitrogens with one attached hydrogen (secondary N) is 3. The molecule has 0 bridgehead atoms. The molecule has 0 spiro atoms. The summed E-state index contributed by atoms with van der Waals surface area (Å²) in [7, 11) is 0. The third-order valence-electron chi connectivity index (χ3n) is 13.7. The molecule has 5 aromatic rings. The second-order valence-corrected chi connectivity index (χ2v) is 20.4. The van der Waals surface area contributed by atoms with Crippen molar-refractivity contribution < 1.29 is 28.1 Å². The number of nitro benzene ring substituents is 1. The van der Waals surface area contributed by atoms with E-state index in [4.69, 9.17) is 21.1 Å². The number of benzene rings is 4. The fourth-order valence-electron chi connectivity index (χ4n) is 9.97. The van der Waals surface area contributed by atoms with Gasteiger partial charge in [-0.25, -0.2) is 4.39 Å². The molecular formula is C50H57ClFN7O6S. The Kier molecular flexibility index (Phi) is 13.9. The van der Waals surface area contributed by atoms with Crippen molar-refractivity contribution in [2.45, 2.75) is 75.8 Å². The first kappa shape index (κ1) is 46.0. The fraction of sp³-hybridized carbons (Fsp3) is 0.420. The Morgan fingerprint density at radius 2 is 1.71 bits per heavy atom. The first-order chi connectivity index (χ1) is 31.9. The quantitative estimate of drug-likeness (QED) is 0.0591. The molecule has 66 heavy (non-hydrogen) atoms.